The lowest BCUT2D eigenvalue weighted by atomic mass is 9.73. The van der Waals surface area contributed by atoms with E-state index in [0.717, 1.165) is 36.8 Å². The van der Waals surface area contributed by atoms with Gasteiger partial charge in [0.1, 0.15) is 11.5 Å². The Kier molecular flexibility index (Phi) is 9.85. The predicted molar refractivity (Wildman–Crippen MR) is 145 cm³/mol. The van der Waals surface area contributed by atoms with Gasteiger partial charge in [-0.1, -0.05) is 43.6 Å². The molecule has 0 radical (unpaired) electrons. The maximum Gasteiger partial charge on any atom is 0.473 e. The normalized spacial score (nSPS) is 23.3. The van der Waals surface area contributed by atoms with Crippen LogP contribution in [-0.2, 0) is 24.8 Å². The van der Waals surface area contributed by atoms with Crippen molar-refractivity contribution < 1.29 is 33.1 Å². The lowest BCUT2D eigenvalue weighted by molar-refractivity contribution is -0.157. The molecule has 1 aromatic carbocycles. The summed E-state index contributed by atoms with van der Waals surface area (Å²) >= 11 is 0. The van der Waals surface area contributed by atoms with Gasteiger partial charge in [0.25, 0.3) is 0 Å². The Balaban J connectivity index is 2.06. The molecular formula is C29H43O7P. The molecule has 2 N–H and O–H groups in total. The monoisotopic (exact) mass is 534 g/mol. The SMILES string of the molecule is C=C(C)[C@@H]1CCC(C)=C[C@H]1c1c(O)cc(CCC)cc1OC(=O)C1(OP(=O)(O)OC(C)C)CCCCC1. The summed E-state index contributed by atoms with van der Waals surface area (Å²) in [5, 5.41) is 11.2. The molecule has 1 fully saturated rings. The average molecular weight is 535 g/mol. The molecular weight excluding hydrogens is 491 g/mol. The fourth-order valence-electron chi connectivity index (χ4n) is 5.58. The number of benzene rings is 1. The number of hydrogen-bond donors (Lipinski definition) is 2. The van der Waals surface area contributed by atoms with Crippen LogP contribution in [-0.4, -0.2) is 27.7 Å². The Morgan fingerprint density at radius 2 is 1.92 bits per heavy atom. The van der Waals surface area contributed by atoms with E-state index in [-0.39, 0.29) is 36.2 Å². The summed E-state index contributed by atoms with van der Waals surface area (Å²) in [6.07, 6.45) is 7.68. The summed E-state index contributed by atoms with van der Waals surface area (Å²) < 4.78 is 29.6. The van der Waals surface area contributed by atoms with Crippen molar-refractivity contribution in [1.29, 1.82) is 0 Å². The minimum Gasteiger partial charge on any atom is -0.507 e. The number of allylic oxidation sites excluding steroid dienone is 3. The van der Waals surface area contributed by atoms with Crippen molar-refractivity contribution in [3.63, 3.8) is 0 Å². The molecule has 0 aliphatic heterocycles. The number of aromatic hydroxyl groups is 1. The molecule has 0 heterocycles. The van der Waals surface area contributed by atoms with Crippen LogP contribution in [0.2, 0.25) is 0 Å². The summed E-state index contributed by atoms with van der Waals surface area (Å²) in [4.78, 5) is 24.2. The molecule has 2 aliphatic rings. The van der Waals surface area contributed by atoms with Gasteiger partial charge in [-0.05, 0) is 96.3 Å². The van der Waals surface area contributed by atoms with Crippen molar-refractivity contribution in [2.45, 2.75) is 110 Å². The van der Waals surface area contributed by atoms with Crippen molar-refractivity contribution in [3.8, 4) is 11.5 Å². The molecule has 0 saturated heterocycles. The van der Waals surface area contributed by atoms with E-state index in [4.69, 9.17) is 13.8 Å². The van der Waals surface area contributed by atoms with Crippen LogP contribution >= 0.6 is 7.82 Å². The van der Waals surface area contributed by atoms with Crippen molar-refractivity contribution in [1.82, 2.24) is 0 Å². The standard InChI is InChI=1S/C29H43O7P/c1-7-11-22-17-25(30)27(24-16-21(6)12-13-23(24)19(2)3)26(18-22)34-28(31)29(14-9-8-10-15-29)36-37(32,33)35-20(4)5/h16-18,20,23-24,30H,2,7-15H2,1,3-6H3,(H,32,33)/t23-,24+/m0/s1. The Bertz CT molecular complexity index is 1070. The number of esters is 1. The zero-order chi connectivity index (χ0) is 27.4. The third-order valence-electron chi connectivity index (χ3n) is 7.30. The van der Waals surface area contributed by atoms with E-state index >= 15 is 0 Å². The molecule has 0 aromatic heterocycles. The fourth-order valence-corrected chi connectivity index (χ4v) is 6.86. The molecule has 37 heavy (non-hydrogen) atoms. The minimum absolute atomic E-state index is 0.0746. The smallest absolute Gasteiger partial charge is 0.473 e. The molecule has 7 nitrogen and oxygen atoms in total. The van der Waals surface area contributed by atoms with Gasteiger partial charge in [-0.3, -0.25) is 9.05 Å². The number of carbonyl (C=O) groups is 1. The topological polar surface area (TPSA) is 102 Å². The number of ether oxygens (including phenoxy) is 1. The Hall–Kier alpha value is -1.92. The van der Waals surface area contributed by atoms with Crippen LogP contribution in [0.3, 0.4) is 0 Å². The lowest BCUT2D eigenvalue weighted by Crippen LogP contribution is -2.45. The zero-order valence-electron chi connectivity index (χ0n) is 22.9. The van der Waals surface area contributed by atoms with E-state index in [1.165, 1.54) is 5.57 Å². The highest BCUT2D eigenvalue weighted by Crippen LogP contribution is 2.53. The van der Waals surface area contributed by atoms with Gasteiger partial charge in [0, 0.05) is 11.5 Å². The predicted octanol–water partition coefficient (Wildman–Crippen LogP) is 7.51. The molecule has 1 aromatic rings. The second kappa shape index (κ2) is 12.3. The highest BCUT2D eigenvalue weighted by Gasteiger charge is 2.49. The van der Waals surface area contributed by atoms with Crippen molar-refractivity contribution >= 4 is 13.8 Å². The number of phenols is 1. The second-order valence-electron chi connectivity index (χ2n) is 11.0. The first kappa shape index (κ1) is 29.6. The van der Waals surface area contributed by atoms with E-state index in [9.17, 15) is 19.4 Å². The van der Waals surface area contributed by atoms with Crippen LogP contribution in [0, 0.1) is 5.92 Å². The van der Waals surface area contributed by atoms with Crippen molar-refractivity contribution in [2.75, 3.05) is 0 Å². The first-order valence-electron chi connectivity index (χ1n) is 13.5. The van der Waals surface area contributed by atoms with Gasteiger partial charge in [-0.15, -0.1) is 0 Å². The van der Waals surface area contributed by atoms with Gasteiger partial charge in [0.05, 0.1) is 6.10 Å². The second-order valence-corrected chi connectivity index (χ2v) is 12.3. The summed E-state index contributed by atoms with van der Waals surface area (Å²) in [7, 11) is -4.51. The molecule has 8 heteroatoms. The first-order chi connectivity index (χ1) is 17.4. The van der Waals surface area contributed by atoms with Gasteiger partial charge >= 0.3 is 13.8 Å². The largest absolute Gasteiger partial charge is 0.507 e. The van der Waals surface area contributed by atoms with Crippen LogP contribution in [0.4, 0.5) is 0 Å². The Morgan fingerprint density at radius 1 is 1.24 bits per heavy atom. The number of phenolic OH excluding ortho intramolecular Hbond substituents is 1. The number of phosphoric acid groups is 1. The maximum absolute atomic E-state index is 13.8. The highest BCUT2D eigenvalue weighted by atomic mass is 31.2. The van der Waals surface area contributed by atoms with Crippen LogP contribution in [0.25, 0.3) is 0 Å². The summed E-state index contributed by atoms with van der Waals surface area (Å²) in [5.74, 6) is -0.513. The minimum atomic E-state index is -4.51. The molecule has 1 saturated carbocycles. The van der Waals surface area contributed by atoms with E-state index < -0.39 is 25.5 Å². The molecule has 1 unspecified atom stereocenters. The summed E-state index contributed by atoms with van der Waals surface area (Å²) in [6.45, 7) is 13.5. The van der Waals surface area contributed by atoms with E-state index in [2.05, 4.69) is 19.6 Å². The number of carbonyl (C=O) groups excluding carboxylic acids is 1. The highest BCUT2D eigenvalue weighted by molar-refractivity contribution is 7.47. The molecule has 2 aliphatic carbocycles. The van der Waals surface area contributed by atoms with Crippen molar-refractivity contribution in [2.24, 2.45) is 5.92 Å². The van der Waals surface area contributed by atoms with Gasteiger partial charge in [0.2, 0.25) is 0 Å². The van der Waals surface area contributed by atoms with Gasteiger partial charge < -0.3 is 14.7 Å². The van der Waals surface area contributed by atoms with Gasteiger partial charge in [-0.2, -0.15) is 0 Å². The van der Waals surface area contributed by atoms with E-state index in [1.807, 2.05) is 19.9 Å². The molecule has 0 spiro atoms. The van der Waals surface area contributed by atoms with Crippen LogP contribution in [0.1, 0.15) is 103 Å². The van der Waals surface area contributed by atoms with E-state index in [1.54, 1.807) is 19.9 Å². The Morgan fingerprint density at radius 3 is 2.51 bits per heavy atom. The van der Waals surface area contributed by atoms with Crippen LogP contribution < -0.4 is 4.74 Å². The average Bonchev–Trinajstić information content (AvgIpc) is 2.78. The number of phosphoric ester groups is 1. The van der Waals surface area contributed by atoms with Crippen LogP contribution in [0.5, 0.6) is 11.5 Å². The molecule has 3 rings (SSSR count). The summed E-state index contributed by atoms with van der Waals surface area (Å²) in [6, 6.07) is 3.55. The Labute approximate surface area is 221 Å². The third kappa shape index (κ3) is 7.35. The molecule has 206 valence electrons. The van der Waals surface area contributed by atoms with Gasteiger partial charge in [-0.25, -0.2) is 9.36 Å². The van der Waals surface area contributed by atoms with E-state index in [0.29, 0.717) is 24.8 Å². The molecule has 0 bridgehead atoms. The quantitative estimate of drug-likeness (QED) is 0.139. The number of rotatable bonds is 10. The number of aryl methyl sites for hydroxylation is 1. The molecule has 3 atom stereocenters. The number of hydrogen-bond acceptors (Lipinski definition) is 6. The van der Waals surface area contributed by atoms with Crippen LogP contribution in [0.15, 0.2) is 35.9 Å². The fraction of sp³-hybridized carbons (Fsp3) is 0.621. The lowest BCUT2D eigenvalue weighted by Gasteiger charge is -2.36. The zero-order valence-corrected chi connectivity index (χ0v) is 23.8. The van der Waals surface area contributed by atoms with Crippen molar-refractivity contribution in [3.05, 3.63) is 47.1 Å². The third-order valence-corrected chi connectivity index (χ3v) is 8.57. The maximum atomic E-state index is 13.8. The van der Waals surface area contributed by atoms with Gasteiger partial charge in [0.15, 0.2) is 5.60 Å². The first-order valence-corrected chi connectivity index (χ1v) is 15.0. The summed E-state index contributed by atoms with van der Waals surface area (Å²) in [5.41, 5.74) is 2.00. The molecule has 0 amide bonds.